The minimum atomic E-state index is 0.259. The van der Waals surface area contributed by atoms with Crippen molar-refractivity contribution in [1.29, 1.82) is 0 Å². The van der Waals surface area contributed by atoms with Crippen molar-refractivity contribution >= 4 is 5.94 Å². The first-order chi connectivity index (χ1) is 2.84. The van der Waals surface area contributed by atoms with Crippen molar-refractivity contribution in [3.05, 3.63) is 18.1 Å². The molecule has 0 aliphatic carbocycles. The second-order valence-electron chi connectivity index (χ2n) is 0.956. The van der Waals surface area contributed by atoms with Crippen LogP contribution in [0, 0.1) is 0 Å². The maximum Gasteiger partial charge on any atom is 0.252 e. The summed E-state index contributed by atoms with van der Waals surface area (Å²) in [6.45, 7) is 3.30. The zero-order valence-corrected chi connectivity index (χ0v) is 3.02. The lowest BCUT2D eigenvalue weighted by Gasteiger charge is -1.36. The van der Waals surface area contributed by atoms with E-state index in [1.54, 1.807) is 0 Å². The Balaban J connectivity index is 2.93. The number of ether oxygens (including phenoxy) is 1. The predicted octanol–water partition coefficient (Wildman–Crippen LogP) is 0.246. The molecule has 1 saturated heterocycles. The van der Waals surface area contributed by atoms with Gasteiger partial charge in [-0.25, -0.2) is 4.79 Å². The molecule has 0 unspecified atom stereocenters. The SMILES string of the molecule is C=C1OC1=C=O. The lowest BCUT2D eigenvalue weighted by Crippen LogP contribution is -1.40. The fraction of sp³-hybridized carbons (Fsp3) is 0. The molecule has 0 radical (unpaired) electrons. The molecule has 6 heavy (non-hydrogen) atoms. The highest BCUT2D eigenvalue weighted by atomic mass is 16.6. The van der Waals surface area contributed by atoms with Gasteiger partial charge in [-0.15, -0.1) is 0 Å². The summed E-state index contributed by atoms with van der Waals surface area (Å²) >= 11 is 0. The number of hydrogen-bond donors (Lipinski definition) is 0. The van der Waals surface area contributed by atoms with E-state index in [0.717, 1.165) is 0 Å². The lowest BCUT2D eigenvalue weighted by molar-refractivity contribution is 0.537. The summed E-state index contributed by atoms with van der Waals surface area (Å²) in [6.07, 6.45) is 0. The van der Waals surface area contributed by atoms with Crippen LogP contribution >= 0.6 is 0 Å². The smallest absolute Gasteiger partial charge is 0.252 e. The fourth-order valence-corrected chi connectivity index (χ4v) is 0.175. The maximum absolute atomic E-state index is 9.43. The molecule has 0 spiro atoms. The molecule has 0 bridgehead atoms. The molecule has 1 aliphatic heterocycles. The molecule has 2 heteroatoms. The first-order valence-electron chi connectivity index (χ1n) is 1.47. The van der Waals surface area contributed by atoms with Crippen molar-refractivity contribution in [2.45, 2.75) is 0 Å². The van der Waals surface area contributed by atoms with Gasteiger partial charge in [0.15, 0.2) is 11.7 Å². The fourth-order valence-electron chi connectivity index (χ4n) is 0.175. The van der Waals surface area contributed by atoms with E-state index in [4.69, 9.17) is 0 Å². The van der Waals surface area contributed by atoms with E-state index in [-0.39, 0.29) is 5.76 Å². The van der Waals surface area contributed by atoms with Crippen LogP contribution in [0.4, 0.5) is 0 Å². The van der Waals surface area contributed by atoms with Crippen molar-refractivity contribution in [3.63, 3.8) is 0 Å². The Morgan fingerprint density at radius 2 is 2.33 bits per heavy atom. The van der Waals surface area contributed by atoms with Crippen LogP contribution in [0.25, 0.3) is 0 Å². The Bertz CT molecular complexity index is 140. The molecule has 1 rings (SSSR count). The maximum atomic E-state index is 9.43. The number of epoxide rings is 1. The molecule has 0 aromatic carbocycles. The van der Waals surface area contributed by atoms with E-state index < -0.39 is 0 Å². The molecule has 0 N–H and O–H groups in total. The monoisotopic (exact) mass is 82.0 g/mol. The van der Waals surface area contributed by atoms with Gasteiger partial charge in [0, 0.05) is 0 Å². The normalized spacial score (nSPS) is 16.0. The van der Waals surface area contributed by atoms with Crippen LogP contribution in [0.15, 0.2) is 18.1 Å². The molecule has 0 saturated carbocycles. The minimum absolute atomic E-state index is 0.259. The van der Waals surface area contributed by atoms with Gasteiger partial charge in [-0.2, -0.15) is 0 Å². The van der Waals surface area contributed by atoms with Crippen LogP contribution in [-0.4, -0.2) is 5.94 Å². The highest BCUT2D eigenvalue weighted by Crippen LogP contribution is 2.25. The first-order valence-corrected chi connectivity index (χ1v) is 1.47. The Morgan fingerprint density at radius 1 is 1.83 bits per heavy atom. The molecule has 0 amide bonds. The molecule has 2 nitrogen and oxygen atoms in total. The van der Waals surface area contributed by atoms with E-state index in [1.165, 1.54) is 5.94 Å². The van der Waals surface area contributed by atoms with Crippen molar-refractivity contribution in [2.75, 3.05) is 0 Å². The van der Waals surface area contributed by atoms with Gasteiger partial charge in [-0.05, 0) is 0 Å². The van der Waals surface area contributed by atoms with Crippen molar-refractivity contribution < 1.29 is 9.53 Å². The second kappa shape index (κ2) is 0.730. The van der Waals surface area contributed by atoms with Gasteiger partial charge in [0.1, 0.15) is 0 Å². The standard InChI is InChI=1S/C4H2O2/c1-3-4(2-5)6-3/h1H2. The molecule has 0 atom stereocenters. The molecule has 1 aliphatic rings. The van der Waals surface area contributed by atoms with Crippen molar-refractivity contribution in [1.82, 2.24) is 0 Å². The largest absolute Gasteiger partial charge is 0.438 e. The van der Waals surface area contributed by atoms with Crippen LogP contribution < -0.4 is 0 Å². The van der Waals surface area contributed by atoms with E-state index in [2.05, 4.69) is 11.3 Å². The zero-order valence-electron chi connectivity index (χ0n) is 3.02. The van der Waals surface area contributed by atoms with E-state index in [9.17, 15) is 4.79 Å². The van der Waals surface area contributed by atoms with Gasteiger partial charge >= 0.3 is 0 Å². The third kappa shape index (κ3) is 0.242. The van der Waals surface area contributed by atoms with Gasteiger partial charge in [0.25, 0.3) is 5.76 Å². The van der Waals surface area contributed by atoms with Crippen LogP contribution in [0.5, 0.6) is 0 Å². The van der Waals surface area contributed by atoms with Gasteiger partial charge in [-0.3, -0.25) is 0 Å². The lowest BCUT2D eigenvalue weighted by atomic mass is 10.6. The average Bonchev–Trinajstić information content (AvgIpc) is 2.19. The van der Waals surface area contributed by atoms with Crippen LogP contribution in [-0.2, 0) is 9.53 Å². The van der Waals surface area contributed by atoms with Gasteiger partial charge in [-0.1, -0.05) is 6.58 Å². The number of carbonyl (C=O) groups excluding carboxylic acids is 1. The predicted molar refractivity (Wildman–Crippen MR) is 19.4 cm³/mol. The van der Waals surface area contributed by atoms with E-state index >= 15 is 0 Å². The molecule has 0 aromatic heterocycles. The van der Waals surface area contributed by atoms with E-state index in [0.29, 0.717) is 5.76 Å². The Labute approximate surface area is 34.7 Å². The highest BCUT2D eigenvalue weighted by Gasteiger charge is 2.22. The summed E-state index contributed by atoms with van der Waals surface area (Å²) < 4.78 is 4.36. The summed E-state index contributed by atoms with van der Waals surface area (Å²) in [7, 11) is 0. The summed E-state index contributed by atoms with van der Waals surface area (Å²) in [5.74, 6) is 2.24. The summed E-state index contributed by atoms with van der Waals surface area (Å²) in [4.78, 5) is 9.43. The average molecular weight is 82.1 g/mol. The molecular formula is C4H2O2. The molecule has 30 valence electrons. The number of rotatable bonds is 0. The molecule has 1 fully saturated rings. The Kier molecular flexibility index (Phi) is 0.388. The Morgan fingerprint density at radius 3 is 2.33 bits per heavy atom. The van der Waals surface area contributed by atoms with Crippen molar-refractivity contribution in [3.8, 4) is 0 Å². The third-order valence-corrected chi connectivity index (χ3v) is 0.530. The van der Waals surface area contributed by atoms with Crippen LogP contribution in [0.3, 0.4) is 0 Å². The quantitative estimate of drug-likeness (QED) is 0.309. The zero-order chi connectivity index (χ0) is 4.57. The Hall–Kier alpha value is -1.01. The molecule has 0 aromatic rings. The summed E-state index contributed by atoms with van der Waals surface area (Å²) in [5.41, 5.74) is 0. The topological polar surface area (TPSA) is 29.6 Å². The van der Waals surface area contributed by atoms with Gasteiger partial charge < -0.3 is 4.74 Å². The summed E-state index contributed by atoms with van der Waals surface area (Å²) in [5, 5.41) is 0. The van der Waals surface area contributed by atoms with E-state index in [1.807, 2.05) is 0 Å². The van der Waals surface area contributed by atoms with Crippen molar-refractivity contribution in [2.24, 2.45) is 0 Å². The second-order valence-corrected chi connectivity index (χ2v) is 0.956. The first kappa shape index (κ1) is 3.19. The number of hydrogen-bond acceptors (Lipinski definition) is 2. The minimum Gasteiger partial charge on any atom is -0.438 e. The van der Waals surface area contributed by atoms with Crippen LogP contribution in [0.1, 0.15) is 0 Å². The molecular weight excluding hydrogens is 80.0 g/mol. The van der Waals surface area contributed by atoms with Crippen LogP contribution in [0.2, 0.25) is 0 Å². The van der Waals surface area contributed by atoms with Gasteiger partial charge in [0.2, 0.25) is 0 Å². The highest BCUT2D eigenvalue weighted by molar-refractivity contribution is 5.62. The van der Waals surface area contributed by atoms with Gasteiger partial charge in [0.05, 0.1) is 0 Å². The molecule has 1 heterocycles. The summed E-state index contributed by atoms with van der Waals surface area (Å²) in [6, 6.07) is 0. The third-order valence-electron chi connectivity index (χ3n) is 0.530.